The van der Waals surface area contributed by atoms with Crippen LogP contribution in [0, 0.1) is 0 Å². The topological polar surface area (TPSA) is 15.6 Å². The van der Waals surface area contributed by atoms with E-state index in [4.69, 9.17) is 28.3 Å². The van der Waals surface area contributed by atoms with Crippen molar-refractivity contribution in [2.75, 3.05) is 5.01 Å². The van der Waals surface area contributed by atoms with Gasteiger partial charge in [-0.15, -0.1) is 0 Å². The Kier molecular flexibility index (Phi) is 4.48. The van der Waals surface area contributed by atoms with Gasteiger partial charge in [0.05, 0.1) is 17.4 Å². The van der Waals surface area contributed by atoms with E-state index in [1.165, 1.54) is 0 Å². The fourth-order valence-electron chi connectivity index (χ4n) is 3.19. The smallest absolute Gasteiger partial charge is 0.0860 e. The molecule has 1 aliphatic rings. The average Bonchev–Trinajstić information content (AvgIpc) is 3.08. The van der Waals surface area contributed by atoms with E-state index in [2.05, 4.69) is 24.3 Å². The van der Waals surface area contributed by atoms with Crippen LogP contribution in [0.15, 0.2) is 84.0 Å². The van der Waals surface area contributed by atoms with Gasteiger partial charge in [-0.3, -0.25) is 5.01 Å². The number of anilines is 1. The highest BCUT2D eigenvalue weighted by Gasteiger charge is 2.32. The van der Waals surface area contributed by atoms with E-state index in [0.29, 0.717) is 10.0 Å². The number of hydrogen-bond donors (Lipinski definition) is 0. The second-order valence-electron chi connectivity index (χ2n) is 5.95. The predicted octanol–water partition coefficient (Wildman–Crippen LogP) is 6.35. The fraction of sp³-hybridized carbons (Fsp3) is 0.0952. The van der Waals surface area contributed by atoms with Gasteiger partial charge in [0.15, 0.2) is 0 Å². The van der Waals surface area contributed by atoms with Gasteiger partial charge in [-0.05, 0) is 29.8 Å². The molecular weight excluding hydrogens is 351 g/mol. The minimum Gasteiger partial charge on any atom is -0.257 e. The summed E-state index contributed by atoms with van der Waals surface area (Å²) in [4.78, 5) is 0. The van der Waals surface area contributed by atoms with E-state index in [-0.39, 0.29) is 6.04 Å². The number of rotatable bonds is 3. The fourth-order valence-corrected chi connectivity index (χ4v) is 3.84. The van der Waals surface area contributed by atoms with Crippen molar-refractivity contribution in [3.63, 3.8) is 0 Å². The zero-order chi connectivity index (χ0) is 17.2. The van der Waals surface area contributed by atoms with Gasteiger partial charge in [0.1, 0.15) is 0 Å². The van der Waals surface area contributed by atoms with E-state index in [9.17, 15) is 0 Å². The van der Waals surface area contributed by atoms with Crippen molar-refractivity contribution in [2.45, 2.75) is 12.5 Å². The molecular formula is C21H16Cl2N2. The molecule has 0 saturated heterocycles. The zero-order valence-electron chi connectivity index (χ0n) is 13.4. The number of nitrogens with zero attached hydrogens (tertiary/aromatic N) is 2. The van der Waals surface area contributed by atoms with Crippen molar-refractivity contribution in [1.29, 1.82) is 0 Å². The number of halogens is 2. The molecule has 1 atom stereocenters. The summed E-state index contributed by atoms with van der Waals surface area (Å²) in [5.41, 5.74) is 4.10. The predicted molar refractivity (Wildman–Crippen MR) is 106 cm³/mol. The van der Waals surface area contributed by atoms with Crippen LogP contribution in [0.4, 0.5) is 5.69 Å². The van der Waals surface area contributed by atoms with Gasteiger partial charge in [0.25, 0.3) is 0 Å². The molecule has 124 valence electrons. The van der Waals surface area contributed by atoms with Gasteiger partial charge >= 0.3 is 0 Å². The monoisotopic (exact) mass is 366 g/mol. The Morgan fingerprint density at radius 3 is 2.00 bits per heavy atom. The average molecular weight is 367 g/mol. The molecule has 0 radical (unpaired) electrons. The molecule has 25 heavy (non-hydrogen) atoms. The van der Waals surface area contributed by atoms with Crippen LogP contribution < -0.4 is 5.01 Å². The number of para-hydroxylation sites is 1. The van der Waals surface area contributed by atoms with Crippen molar-refractivity contribution < 1.29 is 0 Å². The Morgan fingerprint density at radius 2 is 1.36 bits per heavy atom. The lowest BCUT2D eigenvalue weighted by atomic mass is 9.98. The van der Waals surface area contributed by atoms with E-state index in [1.54, 1.807) is 0 Å². The quantitative estimate of drug-likeness (QED) is 0.527. The molecule has 2 nitrogen and oxygen atoms in total. The molecule has 1 aliphatic heterocycles. The van der Waals surface area contributed by atoms with E-state index in [1.807, 2.05) is 59.6 Å². The summed E-state index contributed by atoms with van der Waals surface area (Å²) in [5, 5.41) is 8.26. The number of benzene rings is 3. The SMILES string of the molecule is Clc1cccc(Cl)c1[C@@H]1CC(c2ccccc2)=NN1c1ccccc1. The molecule has 0 fully saturated rings. The van der Waals surface area contributed by atoms with E-state index >= 15 is 0 Å². The van der Waals surface area contributed by atoms with Gasteiger partial charge in [0.2, 0.25) is 0 Å². The Balaban J connectivity index is 1.81. The largest absolute Gasteiger partial charge is 0.257 e. The third kappa shape index (κ3) is 3.15. The minimum absolute atomic E-state index is 0.0289. The summed E-state index contributed by atoms with van der Waals surface area (Å²) in [7, 11) is 0. The first-order valence-electron chi connectivity index (χ1n) is 8.15. The van der Waals surface area contributed by atoms with Crippen LogP contribution in [0.1, 0.15) is 23.6 Å². The van der Waals surface area contributed by atoms with Crippen molar-refractivity contribution in [1.82, 2.24) is 0 Å². The molecule has 1 heterocycles. The Hall–Kier alpha value is -2.29. The van der Waals surface area contributed by atoms with Gasteiger partial charge in [-0.1, -0.05) is 77.8 Å². The summed E-state index contributed by atoms with van der Waals surface area (Å²) >= 11 is 13.0. The minimum atomic E-state index is -0.0289. The number of hydrogen-bond acceptors (Lipinski definition) is 2. The summed E-state index contributed by atoms with van der Waals surface area (Å²) in [6, 6.07) is 26.0. The molecule has 3 aromatic carbocycles. The first-order valence-corrected chi connectivity index (χ1v) is 8.91. The van der Waals surface area contributed by atoms with Crippen molar-refractivity contribution in [3.05, 3.63) is 100 Å². The van der Waals surface area contributed by atoms with Crippen LogP contribution in [0.25, 0.3) is 0 Å². The maximum atomic E-state index is 6.49. The van der Waals surface area contributed by atoms with Crippen molar-refractivity contribution in [3.8, 4) is 0 Å². The third-order valence-electron chi connectivity index (χ3n) is 4.37. The number of hydrazone groups is 1. The van der Waals surface area contributed by atoms with E-state index in [0.717, 1.165) is 28.9 Å². The molecule has 0 unspecified atom stereocenters. The molecule has 4 rings (SSSR count). The molecule has 0 amide bonds. The van der Waals surface area contributed by atoms with Crippen LogP contribution in [0.5, 0.6) is 0 Å². The summed E-state index contributed by atoms with van der Waals surface area (Å²) in [5.74, 6) is 0. The molecule has 3 aromatic rings. The highest BCUT2D eigenvalue weighted by molar-refractivity contribution is 6.36. The van der Waals surface area contributed by atoms with E-state index < -0.39 is 0 Å². The summed E-state index contributed by atoms with van der Waals surface area (Å²) in [6.07, 6.45) is 0.752. The Morgan fingerprint density at radius 1 is 0.760 bits per heavy atom. The maximum absolute atomic E-state index is 6.49. The first-order chi connectivity index (χ1) is 12.2. The molecule has 0 spiro atoms. The van der Waals surface area contributed by atoms with Gasteiger partial charge in [0, 0.05) is 22.0 Å². The lowest BCUT2D eigenvalue weighted by Crippen LogP contribution is -2.19. The van der Waals surface area contributed by atoms with Crippen LogP contribution >= 0.6 is 23.2 Å². The van der Waals surface area contributed by atoms with Crippen LogP contribution in [-0.4, -0.2) is 5.71 Å². The lowest BCUT2D eigenvalue weighted by molar-refractivity contribution is 0.709. The van der Waals surface area contributed by atoms with Gasteiger partial charge < -0.3 is 0 Å². The van der Waals surface area contributed by atoms with Crippen LogP contribution in [0.3, 0.4) is 0 Å². The highest BCUT2D eigenvalue weighted by Crippen LogP contribution is 2.42. The van der Waals surface area contributed by atoms with Crippen molar-refractivity contribution >= 4 is 34.6 Å². The normalized spacial score (nSPS) is 16.8. The molecule has 0 bridgehead atoms. The molecule has 0 saturated carbocycles. The molecule has 0 aromatic heterocycles. The molecule has 0 aliphatic carbocycles. The van der Waals surface area contributed by atoms with Crippen LogP contribution in [0.2, 0.25) is 10.0 Å². The Bertz CT molecular complexity index is 887. The summed E-state index contributed by atoms with van der Waals surface area (Å²) < 4.78 is 0. The lowest BCUT2D eigenvalue weighted by Gasteiger charge is -2.25. The molecule has 4 heteroatoms. The highest BCUT2D eigenvalue weighted by atomic mass is 35.5. The zero-order valence-corrected chi connectivity index (χ0v) is 15.0. The second kappa shape index (κ2) is 6.91. The summed E-state index contributed by atoms with van der Waals surface area (Å²) in [6.45, 7) is 0. The molecule has 0 N–H and O–H groups in total. The van der Waals surface area contributed by atoms with Gasteiger partial charge in [-0.25, -0.2) is 0 Å². The van der Waals surface area contributed by atoms with Crippen LogP contribution in [-0.2, 0) is 0 Å². The standard InChI is InChI=1S/C21H16Cl2N2/c22-17-12-7-13-18(23)21(17)20-14-19(15-8-3-1-4-9-15)24-25(20)16-10-5-2-6-11-16/h1-13,20H,14H2/t20-/m0/s1. The second-order valence-corrected chi connectivity index (χ2v) is 6.76. The first kappa shape index (κ1) is 16.2. The van der Waals surface area contributed by atoms with Crippen molar-refractivity contribution in [2.24, 2.45) is 5.10 Å². The Labute approximate surface area is 157 Å². The van der Waals surface area contributed by atoms with Gasteiger partial charge in [-0.2, -0.15) is 5.10 Å². The maximum Gasteiger partial charge on any atom is 0.0860 e. The third-order valence-corrected chi connectivity index (χ3v) is 5.03.